The fourth-order valence-corrected chi connectivity index (χ4v) is 3.38. The standard InChI is InChI=1S/C24H22ClN3/c1-2-3-8-17-13-15-18(16-14-17)23-26-21-11-6-4-9-19(21)24(28-23)27-22-12-7-5-10-20(22)25/h4-7,9-16H,2-3,8H2,1H3,(H,26,27,28). The van der Waals surface area contributed by atoms with Crippen molar-refractivity contribution in [3.63, 3.8) is 0 Å². The number of aromatic nitrogens is 2. The Hall–Kier alpha value is -2.91. The molecule has 0 amide bonds. The van der Waals surface area contributed by atoms with Gasteiger partial charge in [-0.2, -0.15) is 0 Å². The molecule has 0 radical (unpaired) electrons. The molecule has 4 heteroatoms. The fraction of sp³-hybridized carbons (Fsp3) is 0.167. The van der Waals surface area contributed by atoms with Crippen LogP contribution < -0.4 is 5.32 Å². The molecule has 1 heterocycles. The third-order valence-electron chi connectivity index (χ3n) is 4.76. The van der Waals surface area contributed by atoms with E-state index in [1.165, 1.54) is 18.4 Å². The number of fused-ring (bicyclic) bond motifs is 1. The van der Waals surface area contributed by atoms with Gasteiger partial charge in [0.15, 0.2) is 5.82 Å². The van der Waals surface area contributed by atoms with E-state index in [9.17, 15) is 0 Å². The molecule has 0 spiro atoms. The van der Waals surface area contributed by atoms with Gasteiger partial charge in [-0.05, 0) is 42.7 Å². The molecule has 28 heavy (non-hydrogen) atoms. The Morgan fingerprint density at radius 1 is 0.857 bits per heavy atom. The van der Waals surface area contributed by atoms with E-state index in [1.807, 2.05) is 48.5 Å². The monoisotopic (exact) mass is 387 g/mol. The first-order valence-electron chi connectivity index (χ1n) is 9.62. The molecule has 0 fully saturated rings. The molecule has 3 nitrogen and oxygen atoms in total. The topological polar surface area (TPSA) is 37.8 Å². The highest BCUT2D eigenvalue weighted by Crippen LogP contribution is 2.30. The molecule has 0 aliphatic carbocycles. The number of hydrogen-bond donors (Lipinski definition) is 1. The van der Waals surface area contributed by atoms with E-state index in [2.05, 4.69) is 36.5 Å². The van der Waals surface area contributed by atoms with Crippen molar-refractivity contribution in [3.8, 4) is 11.4 Å². The second-order valence-electron chi connectivity index (χ2n) is 6.82. The van der Waals surface area contributed by atoms with Crippen molar-refractivity contribution >= 4 is 34.0 Å². The average molecular weight is 388 g/mol. The lowest BCUT2D eigenvalue weighted by molar-refractivity contribution is 0.795. The number of hydrogen-bond acceptors (Lipinski definition) is 3. The number of halogens is 1. The van der Waals surface area contributed by atoms with Crippen LogP contribution >= 0.6 is 11.6 Å². The van der Waals surface area contributed by atoms with Gasteiger partial charge in [-0.25, -0.2) is 9.97 Å². The maximum absolute atomic E-state index is 6.34. The number of anilines is 2. The van der Waals surface area contributed by atoms with Gasteiger partial charge in [0.1, 0.15) is 5.82 Å². The van der Waals surface area contributed by atoms with Gasteiger partial charge >= 0.3 is 0 Å². The van der Waals surface area contributed by atoms with Crippen LogP contribution in [-0.2, 0) is 6.42 Å². The van der Waals surface area contributed by atoms with Crippen LogP contribution in [0.5, 0.6) is 0 Å². The molecule has 0 aliphatic rings. The Bertz CT molecular complexity index is 1090. The van der Waals surface area contributed by atoms with Gasteiger partial charge < -0.3 is 5.32 Å². The fourth-order valence-electron chi connectivity index (χ4n) is 3.19. The summed E-state index contributed by atoms with van der Waals surface area (Å²) in [5.41, 5.74) is 4.08. The second kappa shape index (κ2) is 8.41. The number of aryl methyl sites for hydroxylation is 1. The normalized spacial score (nSPS) is 10.9. The van der Waals surface area contributed by atoms with Crippen LogP contribution in [0.3, 0.4) is 0 Å². The van der Waals surface area contributed by atoms with Gasteiger partial charge in [0, 0.05) is 10.9 Å². The van der Waals surface area contributed by atoms with Gasteiger partial charge in [-0.3, -0.25) is 0 Å². The molecule has 0 atom stereocenters. The Morgan fingerprint density at radius 2 is 1.61 bits per heavy atom. The Morgan fingerprint density at radius 3 is 2.39 bits per heavy atom. The predicted octanol–water partition coefficient (Wildman–Crippen LogP) is 7.04. The lowest BCUT2D eigenvalue weighted by atomic mass is 10.1. The summed E-state index contributed by atoms with van der Waals surface area (Å²) in [6, 6.07) is 24.2. The zero-order valence-corrected chi connectivity index (χ0v) is 16.6. The first-order valence-corrected chi connectivity index (χ1v) is 10.00. The summed E-state index contributed by atoms with van der Waals surface area (Å²) in [5.74, 6) is 1.46. The van der Waals surface area contributed by atoms with Crippen molar-refractivity contribution in [3.05, 3.63) is 83.4 Å². The summed E-state index contributed by atoms with van der Waals surface area (Å²) in [5, 5.41) is 5.00. The van der Waals surface area contributed by atoms with Gasteiger partial charge in [0.2, 0.25) is 0 Å². The third-order valence-corrected chi connectivity index (χ3v) is 5.09. The summed E-state index contributed by atoms with van der Waals surface area (Å²) in [4.78, 5) is 9.60. The molecule has 1 aromatic heterocycles. The van der Waals surface area contributed by atoms with Crippen molar-refractivity contribution in [1.29, 1.82) is 0 Å². The first kappa shape index (κ1) is 18.5. The van der Waals surface area contributed by atoms with Crippen LogP contribution in [0.15, 0.2) is 72.8 Å². The van der Waals surface area contributed by atoms with Crippen LogP contribution in [-0.4, -0.2) is 9.97 Å². The maximum Gasteiger partial charge on any atom is 0.162 e. The van der Waals surface area contributed by atoms with E-state index in [4.69, 9.17) is 21.6 Å². The Labute approximate surface area is 170 Å². The minimum atomic E-state index is 0.659. The summed E-state index contributed by atoms with van der Waals surface area (Å²) < 4.78 is 0. The molecule has 0 unspecified atom stereocenters. The number of para-hydroxylation sites is 2. The number of unbranched alkanes of at least 4 members (excludes halogenated alkanes) is 1. The number of nitrogens with one attached hydrogen (secondary N) is 1. The molecule has 0 saturated carbocycles. The first-order chi connectivity index (χ1) is 13.7. The number of nitrogens with zero attached hydrogens (tertiary/aromatic N) is 2. The van der Waals surface area contributed by atoms with E-state index in [0.717, 1.165) is 34.4 Å². The van der Waals surface area contributed by atoms with Crippen LogP contribution in [0.25, 0.3) is 22.3 Å². The SMILES string of the molecule is CCCCc1ccc(-c2nc(Nc3ccccc3Cl)c3ccccc3n2)cc1. The van der Waals surface area contributed by atoms with E-state index < -0.39 is 0 Å². The van der Waals surface area contributed by atoms with Gasteiger partial charge in [-0.15, -0.1) is 0 Å². The van der Waals surface area contributed by atoms with E-state index in [-0.39, 0.29) is 0 Å². The highest BCUT2D eigenvalue weighted by Gasteiger charge is 2.11. The second-order valence-corrected chi connectivity index (χ2v) is 7.23. The molecular formula is C24H22ClN3. The van der Waals surface area contributed by atoms with Gasteiger partial charge in [0.05, 0.1) is 16.2 Å². The predicted molar refractivity (Wildman–Crippen MR) is 118 cm³/mol. The largest absolute Gasteiger partial charge is 0.338 e. The lowest BCUT2D eigenvalue weighted by Gasteiger charge is -2.12. The van der Waals surface area contributed by atoms with Crippen molar-refractivity contribution < 1.29 is 0 Å². The summed E-state index contributed by atoms with van der Waals surface area (Å²) in [7, 11) is 0. The van der Waals surface area contributed by atoms with Crippen molar-refractivity contribution in [2.45, 2.75) is 26.2 Å². The average Bonchev–Trinajstić information content (AvgIpc) is 2.74. The minimum Gasteiger partial charge on any atom is -0.338 e. The molecule has 1 N–H and O–H groups in total. The minimum absolute atomic E-state index is 0.659. The molecule has 3 aromatic carbocycles. The molecule has 0 aliphatic heterocycles. The molecule has 0 bridgehead atoms. The third kappa shape index (κ3) is 4.00. The van der Waals surface area contributed by atoms with Crippen molar-refractivity contribution in [2.75, 3.05) is 5.32 Å². The van der Waals surface area contributed by atoms with Crippen molar-refractivity contribution in [2.24, 2.45) is 0 Å². The maximum atomic E-state index is 6.34. The van der Waals surface area contributed by atoms with Crippen LogP contribution in [0.2, 0.25) is 5.02 Å². The van der Waals surface area contributed by atoms with E-state index in [1.54, 1.807) is 0 Å². The quantitative estimate of drug-likeness (QED) is 0.385. The van der Waals surface area contributed by atoms with Crippen LogP contribution in [0.4, 0.5) is 11.5 Å². The molecular weight excluding hydrogens is 366 g/mol. The van der Waals surface area contributed by atoms with E-state index >= 15 is 0 Å². The zero-order valence-electron chi connectivity index (χ0n) is 15.8. The molecule has 140 valence electrons. The summed E-state index contributed by atoms with van der Waals surface area (Å²) >= 11 is 6.34. The molecule has 0 saturated heterocycles. The molecule has 4 aromatic rings. The number of benzene rings is 3. The van der Waals surface area contributed by atoms with Crippen molar-refractivity contribution in [1.82, 2.24) is 9.97 Å². The van der Waals surface area contributed by atoms with Gasteiger partial charge in [-0.1, -0.05) is 73.5 Å². The zero-order chi connectivity index (χ0) is 19.3. The Balaban J connectivity index is 1.74. The lowest BCUT2D eigenvalue weighted by Crippen LogP contribution is -2.00. The number of rotatable bonds is 6. The Kier molecular flexibility index (Phi) is 5.54. The van der Waals surface area contributed by atoms with E-state index in [0.29, 0.717) is 10.8 Å². The summed E-state index contributed by atoms with van der Waals surface area (Å²) in [6.07, 6.45) is 3.51. The smallest absolute Gasteiger partial charge is 0.162 e. The molecule has 4 rings (SSSR count). The summed E-state index contributed by atoms with van der Waals surface area (Å²) in [6.45, 7) is 2.21. The van der Waals surface area contributed by atoms with Crippen LogP contribution in [0.1, 0.15) is 25.3 Å². The van der Waals surface area contributed by atoms with Crippen LogP contribution in [0, 0.1) is 0 Å². The van der Waals surface area contributed by atoms with Gasteiger partial charge in [0.25, 0.3) is 0 Å². The highest BCUT2D eigenvalue weighted by molar-refractivity contribution is 6.33. The highest BCUT2D eigenvalue weighted by atomic mass is 35.5.